The highest BCUT2D eigenvalue weighted by atomic mass is 32.2. The van der Waals surface area contributed by atoms with E-state index in [1.165, 1.54) is 0 Å². The second kappa shape index (κ2) is 8.60. The van der Waals surface area contributed by atoms with Gasteiger partial charge in [0, 0.05) is 18.2 Å². The molecule has 0 radical (unpaired) electrons. The lowest BCUT2D eigenvalue weighted by Crippen LogP contribution is -2.17. The number of thiol groups is 1. The number of nitrogens with one attached hydrogen (secondary N) is 2. The molecule has 2 heterocycles. The molecule has 1 fully saturated rings. The first-order chi connectivity index (χ1) is 10.3. The predicted molar refractivity (Wildman–Crippen MR) is 78.9 cm³/mol. The van der Waals surface area contributed by atoms with Crippen LogP contribution < -0.4 is 10.2 Å². The Labute approximate surface area is 125 Å². The molecule has 0 bridgehead atoms. The molecular weight excluding hydrogens is 296 g/mol. The Hall–Kier alpha value is -1.64. The van der Waals surface area contributed by atoms with E-state index in [1.807, 2.05) is 12.1 Å². The smallest absolute Gasteiger partial charge is 0.245 e. The SMILES string of the molecule is O=C(CCCCCC[SH]1N/C(=C/c2ccco2)OO1)NO. The number of hydroxylamine groups is 1. The van der Waals surface area contributed by atoms with E-state index in [-0.39, 0.29) is 5.91 Å². The lowest BCUT2D eigenvalue weighted by molar-refractivity contribution is -0.135. The van der Waals surface area contributed by atoms with E-state index >= 15 is 0 Å². The van der Waals surface area contributed by atoms with Gasteiger partial charge in [0.1, 0.15) is 5.76 Å². The van der Waals surface area contributed by atoms with Gasteiger partial charge in [0.15, 0.2) is 0 Å². The van der Waals surface area contributed by atoms with E-state index in [0.29, 0.717) is 18.1 Å². The number of hydrogen-bond acceptors (Lipinski definition) is 6. The van der Waals surface area contributed by atoms with Crippen LogP contribution in [-0.2, 0) is 14.0 Å². The van der Waals surface area contributed by atoms with Gasteiger partial charge in [-0.25, -0.2) is 5.48 Å². The lowest BCUT2D eigenvalue weighted by atomic mass is 10.1. The molecule has 21 heavy (non-hydrogen) atoms. The third kappa shape index (κ3) is 5.70. The standard InChI is InChI=1S/C13H20N2O5S/c16-12(14-17)7-3-1-2-4-9-21-15-13(19-20-21)10-11-6-5-8-18-11/h5-6,8,10,15,17,21H,1-4,7,9H2,(H,14,16)/b13-10-. The van der Waals surface area contributed by atoms with Crippen LogP contribution in [0.15, 0.2) is 28.7 Å². The summed E-state index contributed by atoms with van der Waals surface area (Å²) in [6, 6.07) is 3.64. The molecule has 1 unspecified atom stereocenters. The van der Waals surface area contributed by atoms with Gasteiger partial charge < -0.3 is 9.30 Å². The van der Waals surface area contributed by atoms with Crippen molar-refractivity contribution in [2.45, 2.75) is 32.1 Å². The summed E-state index contributed by atoms with van der Waals surface area (Å²) in [4.78, 5) is 15.9. The zero-order chi connectivity index (χ0) is 14.9. The fourth-order valence-electron chi connectivity index (χ4n) is 1.85. The van der Waals surface area contributed by atoms with Gasteiger partial charge in [-0.3, -0.25) is 14.7 Å². The molecule has 0 saturated carbocycles. The first-order valence-corrected chi connectivity index (χ1v) is 8.29. The molecule has 118 valence electrons. The fraction of sp³-hybridized carbons (Fsp3) is 0.462. The van der Waals surface area contributed by atoms with Crippen molar-refractivity contribution in [1.82, 2.24) is 10.2 Å². The van der Waals surface area contributed by atoms with Crippen molar-refractivity contribution in [3.63, 3.8) is 0 Å². The summed E-state index contributed by atoms with van der Waals surface area (Å²) >= 11 is -0.804. The van der Waals surface area contributed by atoms with Crippen molar-refractivity contribution in [2.75, 3.05) is 5.75 Å². The normalized spacial score (nSPS) is 21.0. The summed E-state index contributed by atoms with van der Waals surface area (Å²) in [5.41, 5.74) is 1.63. The van der Waals surface area contributed by atoms with Gasteiger partial charge >= 0.3 is 0 Å². The minimum Gasteiger partial charge on any atom is -0.465 e. The molecule has 8 heteroatoms. The van der Waals surface area contributed by atoms with Crippen LogP contribution in [0.4, 0.5) is 0 Å². The summed E-state index contributed by atoms with van der Waals surface area (Å²) in [6.45, 7) is 0. The van der Waals surface area contributed by atoms with Gasteiger partial charge in [0.25, 0.3) is 0 Å². The van der Waals surface area contributed by atoms with Crippen LogP contribution >= 0.6 is 11.4 Å². The third-order valence-corrected chi connectivity index (χ3v) is 4.35. The van der Waals surface area contributed by atoms with E-state index in [9.17, 15) is 4.79 Å². The maximum absolute atomic E-state index is 10.8. The summed E-state index contributed by atoms with van der Waals surface area (Å²) in [6.07, 6.45) is 7.44. The molecule has 1 amide bonds. The van der Waals surface area contributed by atoms with Crippen molar-refractivity contribution in [3.05, 3.63) is 30.0 Å². The number of unbranched alkanes of at least 4 members (excludes halogenated alkanes) is 3. The van der Waals surface area contributed by atoms with E-state index in [2.05, 4.69) is 4.72 Å². The Balaban J connectivity index is 1.55. The molecule has 1 saturated heterocycles. The zero-order valence-electron chi connectivity index (χ0n) is 11.6. The Morgan fingerprint density at radius 2 is 2.24 bits per heavy atom. The van der Waals surface area contributed by atoms with Crippen LogP contribution in [0.5, 0.6) is 0 Å². The van der Waals surface area contributed by atoms with Gasteiger partial charge in [0.2, 0.25) is 11.8 Å². The monoisotopic (exact) mass is 316 g/mol. The van der Waals surface area contributed by atoms with Crippen LogP contribution in [-0.4, -0.2) is 16.9 Å². The molecule has 0 aromatic carbocycles. The largest absolute Gasteiger partial charge is 0.465 e. The van der Waals surface area contributed by atoms with E-state index in [1.54, 1.807) is 17.8 Å². The Morgan fingerprint density at radius 1 is 1.38 bits per heavy atom. The molecule has 1 aliphatic heterocycles. The average molecular weight is 316 g/mol. The highest BCUT2D eigenvalue weighted by Crippen LogP contribution is 2.33. The zero-order valence-corrected chi connectivity index (χ0v) is 12.5. The minimum atomic E-state index is -0.804. The molecule has 0 spiro atoms. The molecule has 1 aromatic heterocycles. The summed E-state index contributed by atoms with van der Waals surface area (Å²) in [5, 5.41) is 8.35. The minimum absolute atomic E-state index is 0.332. The Morgan fingerprint density at radius 3 is 3.00 bits per heavy atom. The van der Waals surface area contributed by atoms with Crippen LogP contribution in [0.1, 0.15) is 37.9 Å². The molecule has 2 rings (SSSR count). The molecule has 0 aliphatic carbocycles. The maximum atomic E-state index is 10.8. The van der Waals surface area contributed by atoms with Gasteiger partial charge in [-0.05, 0) is 36.3 Å². The molecule has 7 nitrogen and oxygen atoms in total. The van der Waals surface area contributed by atoms with Gasteiger partial charge in [-0.15, -0.1) is 4.33 Å². The maximum Gasteiger partial charge on any atom is 0.245 e. The quantitative estimate of drug-likeness (QED) is 0.193. The Bertz CT molecular complexity index is 463. The Kier molecular flexibility index (Phi) is 6.45. The lowest BCUT2D eigenvalue weighted by Gasteiger charge is -2.09. The molecular formula is C13H20N2O5S. The summed E-state index contributed by atoms with van der Waals surface area (Å²) in [5.74, 6) is 1.83. The number of amides is 1. The highest BCUT2D eigenvalue weighted by molar-refractivity contribution is 8.11. The van der Waals surface area contributed by atoms with E-state index in [4.69, 9.17) is 18.8 Å². The van der Waals surface area contributed by atoms with Gasteiger partial charge in [-0.1, -0.05) is 12.8 Å². The second-order valence-corrected chi connectivity index (χ2v) is 6.17. The number of carbonyl (C=O) groups excluding carboxylic acids is 1. The second-order valence-electron chi connectivity index (χ2n) is 4.59. The highest BCUT2D eigenvalue weighted by Gasteiger charge is 2.17. The molecule has 3 N–H and O–H groups in total. The number of rotatable bonds is 8. The van der Waals surface area contributed by atoms with Crippen LogP contribution in [0.25, 0.3) is 6.08 Å². The predicted octanol–water partition coefficient (Wildman–Crippen LogP) is 2.42. The van der Waals surface area contributed by atoms with Gasteiger partial charge in [0.05, 0.1) is 6.26 Å². The number of furan rings is 1. The van der Waals surface area contributed by atoms with E-state index < -0.39 is 11.4 Å². The van der Waals surface area contributed by atoms with E-state index in [0.717, 1.165) is 31.4 Å². The molecule has 1 aromatic rings. The third-order valence-electron chi connectivity index (χ3n) is 2.91. The van der Waals surface area contributed by atoms with Crippen molar-refractivity contribution in [2.24, 2.45) is 0 Å². The number of hydrogen-bond donors (Lipinski definition) is 4. The van der Waals surface area contributed by atoms with Crippen LogP contribution in [0.3, 0.4) is 0 Å². The van der Waals surface area contributed by atoms with Gasteiger partial charge in [-0.2, -0.15) is 0 Å². The first kappa shape index (κ1) is 15.7. The van der Waals surface area contributed by atoms with Crippen molar-refractivity contribution in [1.29, 1.82) is 0 Å². The fourth-order valence-corrected chi connectivity index (χ4v) is 3.10. The molecule has 1 aliphatic rings. The summed E-state index contributed by atoms with van der Waals surface area (Å²) in [7, 11) is 0. The van der Waals surface area contributed by atoms with Crippen molar-refractivity contribution >= 4 is 23.3 Å². The van der Waals surface area contributed by atoms with Crippen LogP contribution in [0.2, 0.25) is 0 Å². The first-order valence-electron chi connectivity index (χ1n) is 6.85. The van der Waals surface area contributed by atoms with Crippen molar-refractivity contribution < 1.29 is 23.6 Å². The summed E-state index contributed by atoms with van der Waals surface area (Å²) < 4.78 is 13.6. The number of carbonyl (C=O) groups is 1. The molecule has 1 atom stereocenters. The van der Waals surface area contributed by atoms with Crippen LogP contribution in [0, 0.1) is 0 Å². The average Bonchev–Trinajstić information content (AvgIpc) is 3.15. The van der Waals surface area contributed by atoms with Crippen molar-refractivity contribution in [3.8, 4) is 0 Å². The topological polar surface area (TPSA) is 93.0 Å².